The van der Waals surface area contributed by atoms with Crippen LogP contribution in [0.1, 0.15) is 64.7 Å². The van der Waals surface area contributed by atoms with Gasteiger partial charge in [0.15, 0.2) is 0 Å². The summed E-state index contributed by atoms with van der Waals surface area (Å²) in [5.74, 6) is 6.22. The molecule has 1 nitrogen and oxygen atoms in total. The average Bonchev–Trinajstić information content (AvgIpc) is 2.91. The summed E-state index contributed by atoms with van der Waals surface area (Å²) in [4.78, 5) is 0. The highest BCUT2D eigenvalue weighted by Gasteiger charge is 2.55. The van der Waals surface area contributed by atoms with Gasteiger partial charge >= 0.3 is 0 Å². The summed E-state index contributed by atoms with van der Waals surface area (Å²) in [6.07, 6.45) is 13.7. The molecule has 108 valence electrons. The van der Waals surface area contributed by atoms with Crippen LogP contribution in [0, 0.1) is 40.9 Å². The van der Waals surface area contributed by atoms with Crippen molar-refractivity contribution >= 4 is 0 Å². The van der Waals surface area contributed by atoms with Crippen LogP contribution in [-0.2, 0) is 0 Å². The molecule has 5 aliphatic carbocycles. The third kappa shape index (κ3) is 1.83. The van der Waals surface area contributed by atoms with E-state index in [4.69, 9.17) is 5.73 Å². The Balaban J connectivity index is 1.62. The van der Waals surface area contributed by atoms with Crippen molar-refractivity contribution in [1.82, 2.24) is 0 Å². The second-order valence-corrected chi connectivity index (χ2v) is 8.65. The monoisotopic (exact) mass is 261 g/mol. The maximum Gasteiger partial charge on any atom is -0.00177 e. The summed E-state index contributed by atoms with van der Waals surface area (Å²) in [6, 6.07) is 0. The fourth-order valence-electron chi connectivity index (χ4n) is 7.16. The second kappa shape index (κ2) is 4.48. The molecule has 0 amide bonds. The molecule has 5 aliphatic rings. The predicted molar refractivity (Wildman–Crippen MR) is 79.7 cm³/mol. The van der Waals surface area contributed by atoms with Crippen LogP contribution in [-0.4, -0.2) is 6.54 Å². The van der Waals surface area contributed by atoms with Crippen LogP contribution < -0.4 is 5.73 Å². The smallest absolute Gasteiger partial charge is 0.00177 e. The summed E-state index contributed by atoms with van der Waals surface area (Å²) in [5, 5.41) is 0. The maximum absolute atomic E-state index is 6.37. The molecular formula is C18H31N. The van der Waals surface area contributed by atoms with E-state index in [0.717, 1.165) is 42.1 Å². The van der Waals surface area contributed by atoms with Crippen LogP contribution in [0.3, 0.4) is 0 Å². The Kier molecular flexibility index (Phi) is 2.99. The van der Waals surface area contributed by atoms with Crippen LogP contribution in [0.5, 0.6) is 0 Å². The molecule has 0 aromatic rings. The summed E-state index contributed by atoms with van der Waals surface area (Å²) < 4.78 is 0. The Morgan fingerprint density at radius 2 is 1.42 bits per heavy atom. The van der Waals surface area contributed by atoms with Gasteiger partial charge in [0.1, 0.15) is 0 Å². The fourth-order valence-corrected chi connectivity index (χ4v) is 7.16. The summed E-state index contributed by atoms with van der Waals surface area (Å²) >= 11 is 0. The molecule has 1 atom stereocenters. The molecule has 0 aromatic carbocycles. The van der Waals surface area contributed by atoms with Crippen LogP contribution in [0.4, 0.5) is 0 Å². The Morgan fingerprint density at radius 1 is 0.895 bits per heavy atom. The fraction of sp³-hybridized carbons (Fsp3) is 1.00. The van der Waals surface area contributed by atoms with E-state index >= 15 is 0 Å². The average molecular weight is 261 g/mol. The molecule has 5 saturated carbocycles. The predicted octanol–water partition coefficient (Wildman–Crippen LogP) is 4.21. The van der Waals surface area contributed by atoms with Crippen molar-refractivity contribution in [1.29, 1.82) is 0 Å². The zero-order valence-electron chi connectivity index (χ0n) is 12.6. The van der Waals surface area contributed by atoms with Crippen LogP contribution in [0.2, 0.25) is 0 Å². The summed E-state index contributed by atoms with van der Waals surface area (Å²) in [5.41, 5.74) is 6.84. The molecule has 0 saturated heterocycles. The zero-order chi connectivity index (χ0) is 13.0. The molecule has 19 heavy (non-hydrogen) atoms. The van der Waals surface area contributed by atoms with Crippen molar-refractivity contribution in [3.8, 4) is 0 Å². The lowest BCUT2D eigenvalue weighted by Crippen LogP contribution is -2.55. The van der Waals surface area contributed by atoms with Gasteiger partial charge in [-0.3, -0.25) is 0 Å². The maximum atomic E-state index is 6.37. The lowest BCUT2D eigenvalue weighted by molar-refractivity contribution is -0.107. The molecule has 4 bridgehead atoms. The Morgan fingerprint density at radius 3 is 1.89 bits per heavy atom. The molecule has 1 unspecified atom stereocenters. The first-order valence-electron chi connectivity index (χ1n) is 8.90. The minimum Gasteiger partial charge on any atom is -0.330 e. The van der Waals surface area contributed by atoms with Crippen LogP contribution in [0.15, 0.2) is 0 Å². The summed E-state index contributed by atoms with van der Waals surface area (Å²) in [6.45, 7) is 3.53. The topological polar surface area (TPSA) is 26.0 Å². The van der Waals surface area contributed by atoms with Gasteiger partial charge < -0.3 is 5.73 Å². The lowest BCUT2D eigenvalue weighted by atomic mass is 9.45. The Bertz CT molecular complexity index is 316. The van der Waals surface area contributed by atoms with Crippen LogP contribution in [0.25, 0.3) is 0 Å². The van der Waals surface area contributed by atoms with E-state index < -0.39 is 0 Å². The second-order valence-electron chi connectivity index (χ2n) is 8.65. The van der Waals surface area contributed by atoms with Gasteiger partial charge in [0, 0.05) is 0 Å². The minimum absolute atomic E-state index is 0.471. The van der Waals surface area contributed by atoms with Gasteiger partial charge in [-0.25, -0.2) is 0 Å². The van der Waals surface area contributed by atoms with Gasteiger partial charge in [-0.1, -0.05) is 19.8 Å². The largest absolute Gasteiger partial charge is 0.330 e. The highest BCUT2D eigenvalue weighted by atomic mass is 14.7. The molecule has 1 heteroatoms. The SMILES string of the molecule is CC(CN)(C1CCCC1)C1C2CC3CC(C2)CC1C3. The number of rotatable bonds is 3. The standard InChI is InChI=1S/C18H31N/c1-18(11-19,16-4-2-3-5-16)17-14-7-12-6-13(9-14)10-15(17)8-12/h12-17H,2-11,19H2,1H3. The summed E-state index contributed by atoms with van der Waals surface area (Å²) in [7, 11) is 0. The van der Waals surface area contributed by atoms with Crippen LogP contribution >= 0.6 is 0 Å². The highest BCUT2D eigenvalue weighted by molar-refractivity contribution is 5.05. The van der Waals surface area contributed by atoms with Crippen molar-refractivity contribution in [2.45, 2.75) is 64.7 Å². The molecule has 5 rings (SSSR count). The first kappa shape index (κ1) is 12.7. The number of hydrogen-bond donors (Lipinski definition) is 1. The first-order chi connectivity index (χ1) is 9.20. The van der Waals surface area contributed by atoms with Gasteiger partial charge in [0.25, 0.3) is 0 Å². The van der Waals surface area contributed by atoms with E-state index in [-0.39, 0.29) is 0 Å². The van der Waals surface area contributed by atoms with Gasteiger partial charge in [0.05, 0.1) is 0 Å². The van der Waals surface area contributed by atoms with E-state index in [9.17, 15) is 0 Å². The quantitative estimate of drug-likeness (QED) is 0.809. The van der Waals surface area contributed by atoms with E-state index in [1.54, 1.807) is 32.1 Å². The van der Waals surface area contributed by atoms with Gasteiger partial charge in [0.2, 0.25) is 0 Å². The lowest BCUT2D eigenvalue weighted by Gasteiger charge is -2.60. The van der Waals surface area contributed by atoms with E-state index in [1.165, 1.54) is 25.7 Å². The van der Waals surface area contributed by atoms with Crippen molar-refractivity contribution < 1.29 is 0 Å². The number of nitrogens with two attached hydrogens (primary N) is 1. The molecule has 0 radical (unpaired) electrons. The van der Waals surface area contributed by atoms with Crippen molar-refractivity contribution in [2.75, 3.05) is 6.54 Å². The molecule has 2 N–H and O–H groups in total. The van der Waals surface area contributed by atoms with E-state index in [1.807, 2.05) is 0 Å². The molecule has 0 aliphatic heterocycles. The van der Waals surface area contributed by atoms with Gasteiger partial charge in [-0.05, 0) is 92.4 Å². The van der Waals surface area contributed by atoms with E-state index in [0.29, 0.717) is 5.41 Å². The molecule has 0 aromatic heterocycles. The van der Waals surface area contributed by atoms with Gasteiger partial charge in [-0.15, -0.1) is 0 Å². The first-order valence-corrected chi connectivity index (χ1v) is 8.90. The van der Waals surface area contributed by atoms with Crippen molar-refractivity contribution in [3.05, 3.63) is 0 Å². The Hall–Kier alpha value is -0.0400. The Labute approximate surface area is 118 Å². The zero-order valence-corrected chi connectivity index (χ0v) is 12.6. The normalized spacial score (nSPS) is 48.6. The van der Waals surface area contributed by atoms with Crippen molar-refractivity contribution in [2.24, 2.45) is 46.7 Å². The third-order valence-electron chi connectivity index (χ3n) is 7.72. The minimum atomic E-state index is 0.471. The molecular weight excluding hydrogens is 230 g/mol. The van der Waals surface area contributed by atoms with Crippen molar-refractivity contribution in [3.63, 3.8) is 0 Å². The molecule has 0 spiro atoms. The highest BCUT2D eigenvalue weighted by Crippen LogP contribution is 2.63. The third-order valence-corrected chi connectivity index (χ3v) is 7.72. The van der Waals surface area contributed by atoms with E-state index in [2.05, 4.69) is 6.92 Å². The molecule has 5 fully saturated rings. The van der Waals surface area contributed by atoms with Gasteiger partial charge in [-0.2, -0.15) is 0 Å². The number of hydrogen-bond acceptors (Lipinski definition) is 1. The molecule has 0 heterocycles.